The highest BCUT2D eigenvalue weighted by molar-refractivity contribution is 7.22. The van der Waals surface area contributed by atoms with Gasteiger partial charge in [-0.05, 0) is 66.2 Å². The highest BCUT2D eigenvalue weighted by Gasteiger charge is 2.30. The van der Waals surface area contributed by atoms with Gasteiger partial charge >= 0.3 is 5.97 Å². The molecule has 1 fully saturated rings. The summed E-state index contributed by atoms with van der Waals surface area (Å²) >= 11 is 8.18. The number of morpholine rings is 1. The summed E-state index contributed by atoms with van der Waals surface area (Å²) in [5.74, 6) is -0.781. The first-order chi connectivity index (χ1) is 32.2. The molecule has 16 nitrogen and oxygen atoms in total. The van der Waals surface area contributed by atoms with Gasteiger partial charge in [0.1, 0.15) is 64.3 Å². The predicted octanol–water partition coefficient (Wildman–Crippen LogP) is 7.55. The zero-order chi connectivity index (χ0) is 45.6. The first-order valence-corrected chi connectivity index (χ1v) is 22.1. The van der Waals surface area contributed by atoms with Crippen LogP contribution in [0.25, 0.3) is 43.2 Å². The first kappa shape index (κ1) is 44.5. The monoisotopic (exact) mass is 936 g/mol. The molecule has 0 amide bonds. The Hall–Kier alpha value is -6.67. The maximum atomic E-state index is 14.2. The fourth-order valence-corrected chi connectivity index (χ4v) is 9.04. The van der Waals surface area contributed by atoms with Gasteiger partial charge in [0.15, 0.2) is 11.6 Å². The summed E-state index contributed by atoms with van der Waals surface area (Å²) in [6.07, 6.45) is 0.426. The molecule has 19 heteroatoms. The Kier molecular flexibility index (Phi) is 13.7. The van der Waals surface area contributed by atoms with Crippen LogP contribution in [0.1, 0.15) is 11.3 Å². The van der Waals surface area contributed by atoms with E-state index < -0.39 is 24.0 Å². The maximum absolute atomic E-state index is 14.2. The highest BCUT2D eigenvalue weighted by atomic mass is 35.5. The number of carboxylic acids is 1. The maximum Gasteiger partial charge on any atom is 0.345 e. The fraction of sp³-hybridized carbons (Fsp3) is 0.255. The molecular weight excluding hydrogens is 895 g/mol. The van der Waals surface area contributed by atoms with E-state index in [1.165, 1.54) is 29.8 Å². The molecule has 0 aliphatic carbocycles. The Bertz CT molecular complexity index is 2850. The Balaban J connectivity index is 1.10. The second-order valence-electron chi connectivity index (χ2n) is 15.3. The average Bonchev–Trinajstić information content (AvgIpc) is 3.73. The lowest BCUT2D eigenvalue weighted by atomic mass is 9.98. The van der Waals surface area contributed by atoms with Gasteiger partial charge in [-0.2, -0.15) is 0 Å². The largest absolute Gasteiger partial charge is 0.506 e. The van der Waals surface area contributed by atoms with Gasteiger partial charge in [-0.3, -0.25) is 4.90 Å². The number of thiophene rings is 1. The van der Waals surface area contributed by atoms with Crippen molar-refractivity contribution >= 4 is 39.1 Å². The van der Waals surface area contributed by atoms with Gasteiger partial charge in [0.05, 0.1) is 29.9 Å². The lowest BCUT2D eigenvalue weighted by Crippen LogP contribution is -2.43. The number of halogens is 2. The lowest BCUT2D eigenvalue weighted by molar-refractivity contribution is -0.145. The van der Waals surface area contributed by atoms with Crippen LogP contribution in [0.15, 0.2) is 97.5 Å². The first-order valence-electron chi connectivity index (χ1n) is 21.0. The number of fused-ring (bicyclic) bond motifs is 7. The molecule has 3 aliphatic rings. The van der Waals surface area contributed by atoms with Crippen LogP contribution in [0, 0.1) is 5.82 Å². The van der Waals surface area contributed by atoms with Gasteiger partial charge in [0, 0.05) is 66.9 Å². The zero-order valence-corrected chi connectivity index (χ0v) is 36.6. The molecule has 0 radical (unpaired) electrons. The van der Waals surface area contributed by atoms with Crippen LogP contribution >= 0.6 is 22.9 Å². The van der Waals surface area contributed by atoms with Crippen molar-refractivity contribution in [1.29, 1.82) is 0 Å². The molecule has 6 heterocycles. The van der Waals surface area contributed by atoms with Crippen LogP contribution in [0.5, 0.6) is 34.6 Å². The molecule has 7 aromatic rings. The Morgan fingerprint density at radius 1 is 0.970 bits per heavy atom. The number of aromatic hydroxyl groups is 1. The van der Waals surface area contributed by atoms with E-state index in [2.05, 4.69) is 35.0 Å². The van der Waals surface area contributed by atoms with E-state index in [0.29, 0.717) is 80.8 Å². The van der Waals surface area contributed by atoms with Crippen molar-refractivity contribution in [1.82, 2.24) is 30.2 Å². The molecule has 0 unspecified atom stereocenters. The molecule has 4 N–H and O–H groups in total. The third kappa shape index (κ3) is 9.93. The number of aromatic nitrogens is 4. The summed E-state index contributed by atoms with van der Waals surface area (Å²) in [6, 6.07) is 22.6. The van der Waals surface area contributed by atoms with Crippen LogP contribution in [0.2, 0.25) is 5.02 Å². The second-order valence-corrected chi connectivity index (χ2v) is 16.7. The lowest BCUT2D eigenvalue weighted by Gasteiger charge is -2.27. The number of para-hydroxylation sites is 1. The van der Waals surface area contributed by atoms with Crippen molar-refractivity contribution in [2.75, 3.05) is 52.5 Å². The van der Waals surface area contributed by atoms with Gasteiger partial charge in [-0.25, -0.2) is 34.4 Å². The highest BCUT2D eigenvalue weighted by Crippen LogP contribution is 2.52. The summed E-state index contributed by atoms with van der Waals surface area (Å²) in [7, 11) is 0. The van der Waals surface area contributed by atoms with Crippen LogP contribution in [-0.2, 0) is 22.6 Å². The van der Waals surface area contributed by atoms with Crippen LogP contribution in [-0.4, -0.2) is 111 Å². The van der Waals surface area contributed by atoms with Crippen LogP contribution in [0.3, 0.4) is 0 Å². The molecular formula is C47H42ClFN6O10S. The normalized spacial score (nSPS) is 16.5. The molecule has 0 saturated carbocycles. The number of rotatable bonds is 12. The van der Waals surface area contributed by atoms with Crippen molar-refractivity contribution in [3.8, 4) is 67.6 Å². The summed E-state index contributed by atoms with van der Waals surface area (Å²) in [4.78, 5) is 38.9. The second kappa shape index (κ2) is 20.2. The molecule has 1 saturated heterocycles. The number of nitrogens with zero attached hydrogens (tertiary/aromatic N) is 5. The number of aliphatic carboxylic acids is 1. The molecule has 3 aromatic heterocycles. The topological polar surface area (TPSA) is 200 Å². The number of benzene rings is 4. The zero-order valence-electron chi connectivity index (χ0n) is 35.1. The summed E-state index contributed by atoms with van der Waals surface area (Å²) in [6.45, 7) is 4.80. The molecule has 10 rings (SSSR count). The van der Waals surface area contributed by atoms with Gasteiger partial charge in [-0.1, -0.05) is 35.9 Å². The minimum absolute atomic E-state index is 0.0194. The molecule has 66 heavy (non-hydrogen) atoms. The van der Waals surface area contributed by atoms with E-state index in [1.807, 2.05) is 0 Å². The number of carboxylic acid groups (broad SMARTS) is 1. The number of nitrogens with one attached hydrogen (secondary N) is 1. The van der Waals surface area contributed by atoms with Crippen molar-refractivity contribution in [3.63, 3.8) is 0 Å². The van der Waals surface area contributed by atoms with E-state index in [-0.39, 0.29) is 59.2 Å². The van der Waals surface area contributed by atoms with Crippen LogP contribution in [0.4, 0.5) is 4.39 Å². The number of phenolic OH excluding ortho intramolecular Hbond substituents is 1. The van der Waals surface area contributed by atoms with Crippen molar-refractivity contribution in [2.45, 2.75) is 25.2 Å². The third-order valence-corrected chi connectivity index (χ3v) is 12.5. The van der Waals surface area contributed by atoms with Crippen molar-refractivity contribution < 1.29 is 53.2 Å². The number of ether oxygens (including phenoxy) is 5. The molecule has 4 bridgehead atoms. The number of phenols is 1. The number of hydrogen-bond donors (Lipinski definition) is 4. The van der Waals surface area contributed by atoms with Crippen molar-refractivity contribution in [2.24, 2.45) is 0 Å². The molecule has 4 aromatic carbocycles. The molecule has 0 spiro atoms. The van der Waals surface area contributed by atoms with E-state index >= 15 is 0 Å². The quantitative estimate of drug-likeness (QED) is 0.0531. The number of carbonyl (C=O) groups is 1. The van der Waals surface area contributed by atoms with E-state index in [0.717, 1.165) is 19.6 Å². The van der Waals surface area contributed by atoms with E-state index in [1.54, 1.807) is 79.0 Å². The van der Waals surface area contributed by atoms with E-state index in [9.17, 15) is 24.7 Å². The number of hydrogen-bond acceptors (Lipinski definition) is 16. The Labute approximate surface area is 386 Å². The molecule has 340 valence electrons. The smallest absolute Gasteiger partial charge is 0.345 e. The Morgan fingerprint density at radius 2 is 1.80 bits per heavy atom. The van der Waals surface area contributed by atoms with Gasteiger partial charge < -0.3 is 44.1 Å². The molecule has 2 atom stereocenters. The van der Waals surface area contributed by atoms with Crippen molar-refractivity contribution in [3.05, 3.63) is 120 Å². The SMILES string of the molecule is O=C(O)[C@H]1Cc2cc(ccc2OCc2ccnc(-c3ccccc3OO)n2)OC[C@@H](CNCCN2CCOCC2)Oc2ccc(c(O)c2Cl)-c2c(-c3ccc(F)cc3)sc3ncnc(c23)O1. The third-order valence-electron chi connectivity index (χ3n) is 11.0. The fourth-order valence-electron chi connectivity index (χ4n) is 7.67. The van der Waals surface area contributed by atoms with Gasteiger partial charge in [-0.15, -0.1) is 11.3 Å². The standard InChI is InChI=1S/C47H42ClFN6O10S/c48-41-37-12-10-34(42(41)56)39-40-45(52-26-53-46(40)66-43(39)27-5-7-29(49)8-6-27)64-38(47(57)58)22-28-21-31(61-25-32(63-37)23-50-15-16-55-17-19-60-20-18-55)9-11-35(28)62-24-30-13-14-51-44(54-30)33-3-1-2-4-36(33)65-59/h1-14,21,26,32,38,50,56,59H,15-20,22-25H2,(H,57,58)/t32-,38-/m1/s1. The Morgan fingerprint density at radius 3 is 2.62 bits per heavy atom. The summed E-state index contributed by atoms with van der Waals surface area (Å²) in [5, 5.41) is 35.8. The van der Waals surface area contributed by atoms with Gasteiger partial charge in [0.25, 0.3) is 0 Å². The average molecular weight is 937 g/mol. The van der Waals surface area contributed by atoms with Gasteiger partial charge in [0.2, 0.25) is 12.0 Å². The summed E-state index contributed by atoms with van der Waals surface area (Å²) in [5.41, 5.74) is 2.61. The molecule has 3 aliphatic heterocycles. The minimum atomic E-state index is -1.54. The summed E-state index contributed by atoms with van der Waals surface area (Å²) < 4.78 is 45.3. The minimum Gasteiger partial charge on any atom is -0.506 e. The van der Waals surface area contributed by atoms with E-state index in [4.69, 9.17) is 35.3 Å². The predicted molar refractivity (Wildman–Crippen MR) is 242 cm³/mol. The van der Waals surface area contributed by atoms with Crippen LogP contribution < -0.4 is 29.2 Å².